The summed E-state index contributed by atoms with van der Waals surface area (Å²) in [6, 6.07) is 7.61. The van der Waals surface area contributed by atoms with Crippen molar-refractivity contribution in [2.75, 3.05) is 33.9 Å². The molecule has 0 amide bonds. The third kappa shape index (κ3) is 11.9. The molecule has 0 spiro atoms. The van der Waals surface area contributed by atoms with Crippen LogP contribution in [0.1, 0.15) is 18.4 Å². The maximum absolute atomic E-state index is 12.1. The zero-order chi connectivity index (χ0) is 17.8. The Morgan fingerprint density at radius 3 is 2.32 bits per heavy atom. The summed E-state index contributed by atoms with van der Waals surface area (Å²) in [4.78, 5) is 3.86. The highest BCUT2D eigenvalue weighted by Gasteiger charge is 2.26. The molecule has 0 unspecified atom stereocenters. The van der Waals surface area contributed by atoms with Crippen molar-refractivity contribution in [2.45, 2.75) is 25.6 Å². The quantitative estimate of drug-likeness (QED) is 0.249. The molecule has 0 aromatic heterocycles. The number of methoxy groups -OCH3 is 1. The van der Waals surface area contributed by atoms with Crippen LogP contribution in [-0.2, 0) is 11.3 Å². The van der Waals surface area contributed by atoms with E-state index in [1.807, 2.05) is 24.3 Å². The molecule has 9 heteroatoms. The van der Waals surface area contributed by atoms with Crippen molar-refractivity contribution in [3.63, 3.8) is 0 Å². The van der Waals surface area contributed by atoms with Gasteiger partial charge in [-0.2, -0.15) is 13.2 Å². The molecule has 0 aliphatic heterocycles. The van der Waals surface area contributed by atoms with Gasteiger partial charge in [-0.15, -0.1) is 24.0 Å². The van der Waals surface area contributed by atoms with Crippen molar-refractivity contribution in [2.24, 2.45) is 4.99 Å². The van der Waals surface area contributed by atoms with E-state index >= 15 is 0 Å². The number of nitrogens with one attached hydrogen (secondary N) is 2. The summed E-state index contributed by atoms with van der Waals surface area (Å²) in [7, 11) is 3.13. The van der Waals surface area contributed by atoms with Crippen molar-refractivity contribution in [1.29, 1.82) is 0 Å². The first-order valence-corrected chi connectivity index (χ1v) is 7.66. The van der Waals surface area contributed by atoms with E-state index in [-0.39, 0.29) is 30.5 Å². The third-order valence-corrected chi connectivity index (χ3v) is 3.11. The van der Waals surface area contributed by atoms with Crippen LogP contribution >= 0.6 is 24.0 Å². The van der Waals surface area contributed by atoms with Crippen molar-refractivity contribution >= 4 is 29.9 Å². The van der Waals surface area contributed by atoms with E-state index in [2.05, 4.69) is 15.6 Å². The van der Waals surface area contributed by atoms with E-state index in [1.54, 1.807) is 7.11 Å². The lowest BCUT2D eigenvalue weighted by atomic mass is 10.2. The monoisotopic (exact) mass is 475 g/mol. The molecule has 0 aliphatic rings. The molecule has 0 heterocycles. The molecule has 0 aliphatic carbocycles. The van der Waals surface area contributed by atoms with E-state index in [0.29, 0.717) is 25.7 Å². The molecule has 0 atom stereocenters. The summed E-state index contributed by atoms with van der Waals surface area (Å²) < 4.78 is 46.8. The fourth-order valence-corrected chi connectivity index (χ4v) is 1.84. The second-order valence-electron chi connectivity index (χ2n) is 5.05. The molecule has 1 rings (SSSR count). The van der Waals surface area contributed by atoms with Crippen molar-refractivity contribution in [3.05, 3.63) is 29.8 Å². The van der Waals surface area contributed by atoms with Gasteiger partial charge >= 0.3 is 6.18 Å². The number of rotatable bonds is 9. The van der Waals surface area contributed by atoms with Crippen LogP contribution in [0.2, 0.25) is 0 Å². The summed E-state index contributed by atoms with van der Waals surface area (Å²) in [5.41, 5.74) is 1.05. The lowest BCUT2D eigenvalue weighted by Crippen LogP contribution is -2.39. The second-order valence-corrected chi connectivity index (χ2v) is 5.05. The van der Waals surface area contributed by atoms with Gasteiger partial charge in [-0.25, -0.2) is 0 Å². The van der Waals surface area contributed by atoms with Gasteiger partial charge in [0.25, 0.3) is 0 Å². The summed E-state index contributed by atoms with van der Waals surface area (Å²) in [5, 5.41) is 5.56. The Balaban J connectivity index is 0.00000576. The van der Waals surface area contributed by atoms with E-state index in [1.165, 1.54) is 7.05 Å². The molecule has 0 fully saturated rings. The fourth-order valence-electron chi connectivity index (χ4n) is 1.84. The normalized spacial score (nSPS) is 11.6. The summed E-state index contributed by atoms with van der Waals surface area (Å²) >= 11 is 0. The SMILES string of the molecule is CN=C(NCCCOCc1ccc(OC)cc1)NCCC(F)(F)F.I. The number of aliphatic imine (C=N–C) groups is 1. The summed E-state index contributed by atoms with van der Waals surface area (Å²) in [5.74, 6) is 1.15. The number of nitrogens with zero attached hydrogens (tertiary/aromatic N) is 1. The molecule has 0 radical (unpaired) electrons. The molecule has 2 N–H and O–H groups in total. The molecule has 0 saturated carbocycles. The van der Waals surface area contributed by atoms with Gasteiger partial charge in [-0.05, 0) is 24.1 Å². The maximum Gasteiger partial charge on any atom is 0.390 e. The van der Waals surface area contributed by atoms with Gasteiger partial charge in [-0.1, -0.05) is 12.1 Å². The Morgan fingerprint density at radius 1 is 1.12 bits per heavy atom. The highest BCUT2D eigenvalue weighted by Crippen LogP contribution is 2.18. The maximum atomic E-state index is 12.1. The van der Waals surface area contributed by atoms with Crippen LogP contribution < -0.4 is 15.4 Å². The van der Waals surface area contributed by atoms with Gasteiger partial charge < -0.3 is 20.1 Å². The molecule has 1 aromatic carbocycles. The number of hydrogen-bond donors (Lipinski definition) is 2. The van der Waals surface area contributed by atoms with Crippen LogP contribution in [0.25, 0.3) is 0 Å². The average Bonchev–Trinajstić information content (AvgIpc) is 2.55. The Labute approximate surface area is 163 Å². The van der Waals surface area contributed by atoms with Crippen molar-refractivity contribution in [1.82, 2.24) is 10.6 Å². The first kappa shape index (κ1) is 23.8. The smallest absolute Gasteiger partial charge is 0.390 e. The predicted molar refractivity (Wildman–Crippen MR) is 103 cm³/mol. The van der Waals surface area contributed by atoms with Gasteiger partial charge in [0, 0.05) is 26.7 Å². The molecular weight excluding hydrogens is 450 g/mol. The highest BCUT2D eigenvalue weighted by atomic mass is 127. The lowest BCUT2D eigenvalue weighted by Gasteiger charge is -2.13. The van der Waals surface area contributed by atoms with Gasteiger partial charge in [0.15, 0.2) is 5.96 Å². The molecule has 0 saturated heterocycles. The zero-order valence-corrected chi connectivity index (χ0v) is 16.7. The minimum Gasteiger partial charge on any atom is -0.497 e. The van der Waals surface area contributed by atoms with Gasteiger partial charge in [-0.3, -0.25) is 4.99 Å². The Kier molecular flexibility index (Phi) is 12.4. The van der Waals surface area contributed by atoms with E-state index in [9.17, 15) is 13.2 Å². The number of guanidine groups is 1. The van der Waals surface area contributed by atoms with E-state index in [0.717, 1.165) is 17.7 Å². The van der Waals surface area contributed by atoms with Gasteiger partial charge in [0.2, 0.25) is 0 Å². The zero-order valence-electron chi connectivity index (χ0n) is 14.4. The summed E-state index contributed by atoms with van der Waals surface area (Å²) in [6.07, 6.45) is -4.34. The topological polar surface area (TPSA) is 54.9 Å². The minimum absolute atomic E-state index is 0. The molecular formula is C16H25F3IN3O2. The van der Waals surface area contributed by atoms with Crippen LogP contribution in [0.4, 0.5) is 13.2 Å². The first-order valence-electron chi connectivity index (χ1n) is 7.66. The van der Waals surface area contributed by atoms with Crippen LogP contribution in [0.5, 0.6) is 5.75 Å². The summed E-state index contributed by atoms with van der Waals surface area (Å²) in [6.45, 7) is 1.41. The van der Waals surface area contributed by atoms with E-state index < -0.39 is 12.6 Å². The van der Waals surface area contributed by atoms with Crippen molar-refractivity contribution in [3.8, 4) is 5.75 Å². The van der Waals surface area contributed by atoms with E-state index in [4.69, 9.17) is 9.47 Å². The Hall–Kier alpha value is -1.23. The second kappa shape index (κ2) is 13.0. The Bertz CT molecular complexity index is 496. The number of halogens is 4. The molecule has 5 nitrogen and oxygen atoms in total. The fraction of sp³-hybridized carbons (Fsp3) is 0.562. The third-order valence-electron chi connectivity index (χ3n) is 3.11. The largest absolute Gasteiger partial charge is 0.497 e. The first-order chi connectivity index (χ1) is 11.4. The lowest BCUT2D eigenvalue weighted by molar-refractivity contribution is -0.132. The molecule has 144 valence electrons. The predicted octanol–water partition coefficient (Wildman–Crippen LogP) is 3.34. The van der Waals surface area contributed by atoms with Crippen LogP contribution in [-0.4, -0.2) is 46.0 Å². The Morgan fingerprint density at radius 2 is 1.76 bits per heavy atom. The van der Waals surface area contributed by atoms with Crippen molar-refractivity contribution < 1.29 is 22.6 Å². The number of alkyl halides is 3. The van der Waals surface area contributed by atoms with Gasteiger partial charge in [0.05, 0.1) is 20.1 Å². The van der Waals surface area contributed by atoms with Gasteiger partial charge in [0.1, 0.15) is 5.75 Å². The van der Waals surface area contributed by atoms with Crippen LogP contribution in [0.15, 0.2) is 29.3 Å². The van der Waals surface area contributed by atoms with Crippen LogP contribution in [0.3, 0.4) is 0 Å². The van der Waals surface area contributed by atoms with Crippen LogP contribution in [0, 0.1) is 0 Å². The average molecular weight is 475 g/mol. The number of ether oxygens (including phenoxy) is 2. The molecule has 25 heavy (non-hydrogen) atoms. The minimum atomic E-state index is -4.17. The number of hydrogen-bond acceptors (Lipinski definition) is 3. The highest BCUT2D eigenvalue weighted by molar-refractivity contribution is 14.0. The standard InChI is InChI=1S/C16H24F3N3O2.HI/c1-20-15(22-10-8-16(17,18)19)21-9-3-11-24-12-13-4-6-14(23-2)7-5-13;/h4-7H,3,8-12H2,1-2H3,(H2,20,21,22);1H. The molecule has 1 aromatic rings. The molecule has 0 bridgehead atoms. The number of benzene rings is 1.